The van der Waals surface area contributed by atoms with Crippen molar-refractivity contribution in [2.24, 2.45) is 0 Å². The second-order valence-electron chi connectivity index (χ2n) is 4.23. The van der Waals surface area contributed by atoms with E-state index in [-0.39, 0.29) is 6.42 Å². The van der Waals surface area contributed by atoms with Gasteiger partial charge < -0.3 is 15.2 Å². The number of carboxylic acids is 1. The summed E-state index contributed by atoms with van der Waals surface area (Å²) in [5, 5.41) is 11.6. The summed E-state index contributed by atoms with van der Waals surface area (Å²) >= 11 is 0. The fraction of sp³-hybridized carbons (Fsp3) is 0.333. The second-order valence-corrected chi connectivity index (χ2v) is 4.23. The van der Waals surface area contributed by atoms with E-state index in [9.17, 15) is 9.59 Å². The van der Waals surface area contributed by atoms with E-state index in [1.165, 1.54) is 7.11 Å². The number of carboxylic acid groups (broad SMARTS) is 1. The summed E-state index contributed by atoms with van der Waals surface area (Å²) in [7, 11) is 1.42. The van der Waals surface area contributed by atoms with Gasteiger partial charge in [-0.2, -0.15) is 0 Å². The number of aliphatic carboxylic acids is 1. The number of amides is 1. The van der Waals surface area contributed by atoms with Crippen LogP contribution in [0.3, 0.4) is 0 Å². The summed E-state index contributed by atoms with van der Waals surface area (Å²) < 4.78 is 5.16. The molecule has 5 heteroatoms. The largest absolute Gasteiger partial charge is 0.480 e. The molecule has 108 valence electrons. The van der Waals surface area contributed by atoms with Gasteiger partial charge in [0.2, 0.25) is 0 Å². The lowest BCUT2D eigenvalue weighted by molar-refractivity contribution is -0.143. The number of nitrogens with one attached hydrogen (secondary N) is 1. The van der Waals surface area contributed by atoms with Gasteiger partial charge in [0.25, 0.3) is 5.91 Å². The predicted molar refractivity (Wildman–Crippen MR) is 75.2 cm³/mol. The van der Waals surface area contributed by atoms with Crippen molar-refractivity contribution in [3.8, 4) is 0 Å². The molecule has 1 rings (SSSR count). The molecule has 0 fully saturated rings. The van der Waals surface area contributed by atoms with E-state index < -0.39 is 24.0 Å². The van der Waals surface area contributed by atoms with Gasteiger partial charge in [-0.05, 0) is 18.9 Å². The van der Waals surface area contributed by atoms with Crippen LogP contribution in [-0.4, -0.2) is 30.1 Å². The van der Waals surface area contributed by atoms with Crippen molar-refractivity contribution in [3.63, 3.8) is 0 Å². The minimum atomic E-state index is -1.07. The van der Waals surface area contributed by atoms with E-state index in [0.29, 0.717) is 5.56 Å². The van der Waals surface area contributed by atoms with Crippen LogP contribution >= 0.6 is 0 Å². The second kappa shape index (κ2) is 8.12. The fourth-order valence-corrected chi connectivity index (χ4v) is 1.76. The summed E-state index contributed by atoms with van der Waals surface area (Å²) in [5.74, 6) is -1.53. The van der Waals surface area contributed by atoms with Gasteiger partial charge in [0.15, 0.2) is 6.10 Å². The molecule has 0 aromatic heterocycles. The summed E-state index contributed by atoms with van der Waals surface area (Å²) in [4.78, 5) is 23.2. The molecule has 1 aromatic rings. The van der Waals surface area contributed by atoms with Gasteiger partial charge in [0, 0.05) is 7.11 Å². The topological polar surface area (TPSA) is 75.6 Å². The lowest BCUT2D eigenvalue weighted by Gasteiger charge is -2.19. The predicted octanol–water partition coefficient (Wildman–Crippen LogP) is 1.91. The van der Waals surface area contributed by atoms with Crippen LogP contribution < -0.4 is 5.32 Å². The fourth-order valence-electron chi connectivity index (χ4n) is 1.76. The molecule has 0 spiro atoms. The average molecular weight is 277 g/mol. The number of hydrogen-bond acceptors (Lipinski definition) is 3. The average Bonchev–Trinajstić information content (AvgIpc) is 2.45. The van der Waals surface area contributed by atoms with E-state index in [2.05, 4.69) is 5.32 Å². The molecule has 5 nitrogen and oxygen atoms in total. The van der Waals surface area contributed by atoms with E-state index in [1.54, 1.807) is 43.3 Å². The van der Waals surface area contributed by atoms with Crippen LogP contribution in [0.5, 0.6) is 0 Å². The van der Waals surface area contributed by atoms with E-state index in [1.807, 2.05) is 6.07 Å². The molecule has 2 atom stereocenters. The molecular weight excluding hydrogens is 258 g/mol. The van der Waals surface area contributed by atoms with Crippen molar-refractivity contribution < 1.29 is 19.4 Å². The zero-order valence-corrected chi connectivity index (χ0v) is 11.6. The van der Waals surface area contributed by atoms with Gasteiger partial charge in [-0.15, -0.1) is 0 Å². The Morgan fingerprint density at radius 3 is 2.50 bits per heavy atom. The maximum atomic E-state index is 12.1. The van der Waals surface area contributed by atoms with Crippen molar-refractivity contribution in [3.05, 3.63) is 48.0 Å². The van der Waals surface area contributed by atoms with E-state index in [4.69, 9.17) is 9.84 Å². The smallest absolute Gasteiger partial charge is 0.326 e. The molecule has 20 heavy (non-hydrogen) atoms. The third-order valence-electron chi connectivity index (χ3n) is 2.80. The maximum Gasteiger partial charge on any atom is 0.326 e. The Bertz CT molecular complexity index is 470. The zero-order chi connectivity index (χ0) is 15.0. The molecular formula is C15H19NO4. The monoisotopic (exact) mass is 277 g/mol. The molecule has 0 aliphatic carbocycles. The summed E-state index contributed by atoms with van der Waals surface area (Å²) in [6, 6.07) is 7.98. The highest BCUT2D eigenvalue weighted by Crippen LogP contribution is 2.16. The molecule has 0 radical (unpaired) electrons. The number of hydrogen-bond donors (Lipinski definition) is 2. The van der Waals surface area contributed by atoms with Crippen LogP contribution in [0.4, 0.5) is 0 Å². The highest BCUT2D eigenvalue weighted by atomic mass is 16.5. The summed E-state index contributed by atoms with van der Waals surface area (Å²) in [5.41, 5.74) is 0.683. The van der Waals surface area contributed by atoms with E-state index in [0.717, 1.165) is 0 Å². The first kappa shape index (κ1) is 15.9. The molecule has 0 saturated carbocycles. The standard InChI is InChI=1S/C15H19NO4/c1-3-4-10-12(15(18)19)16-14(17)13(20-2)11-8-6-5-7-9-11/h3-9,12-13H,10H2,1-2H3,(H,16,17)(H,18,19)/b4-3+/t12?,13-/m1/s1. The van der Waals surface area contributed by atoms with Crippen molar-refractivity contribution in [2.75, 3.05) is 7.11 Å². The summed E-state index contributed by atoms with van der Waals surface area (Å²) in [6.45, 7) is 1.79. The number of allylic oxidation sites excluding steroid dienone is 1. The maximum absolute atomic E-state index is 12.1. The van der Waals surface area contributed by atoms with Crippen LogP contribution in [0.25, 0.3) is 0 Å². The van der Waals surface area contributed by atoms with Crippen molar-refractivity contribution >= 4 is 11.9 Å². The molecule has 0 aliphatic rings. The van der Waals surface area contributed by atoms with Crippen LogP contribution in [0.1, 0.15) is 25.0 Å². The molecule has 1 aromatic carbocycles. The zero-order valence-electron chi connectivity index (χ0n) is 11.6. The lowest BCUT2D eigenvalue weighted by Crippen LogP contribution is -2.43. The number of benzene rings is 1. The number of carbonyl (C=O) groups excluding carboxylic acids is 1. The first-order chi connectivity index (χ1) is 9.60. The Labute approximate surface area is 118 Å². The Morgan fingerprint density at radius 1 is 1.35 bits per heavy atom. The van der Waals surface area contributed by atoms with Crippen LogP contribution in [0, 0.1) is 0 Å². The first-order valence-electron chi connectivity index (χ1n) is 6.32. The Balaban J connectivity index is 2.78. The van der Waals surface area contributed by atoms with E-state index >= 15 is 0 Å². The van der Waals surface area contributed by atoms with Gasteiger partial charge in [0.05, 0.1) is 0 Å². The Kier molecular flexibility index (Phi) is 6.46. The normalized spacial score (nSPS) is 13.9. The third kappa shape index (κ3) is 4.51. The van der Waals surface area contributed by atoms with Crippen LogP contribution in [-0.2, 0) is 14.3 Å². The van der Waals surface area contributed by atoms with Crippen LogP contribution in [0.15, 0.2) is 42.5 Å². The molecule has 2 N–H and O–H groups in total. The molecule has 0 heterocycles. The summed E-state index contributed by atoms with van der Waals surface area (Å²) in [6.07, 6.45) is 2.86. The molecule has 0 saturated heterocycles. The minimum Gasteiger partial charge on any atom is -0.480 e. The molecule has 0 bridgehead atoms. The highest BCUT2D eigenvalue weighted by molar-refractivity contribution is 5.87. The van der Waals surface area contributed by atoms with Gasteiger partial charge in [-0.1, -0.05) is 42.5 Å². The highest BCUT2D eigenvalue weighted by Gasteiger charge is 2.25. The third-order valence-corrected chi connectivity index (χ3v) is 2.80. The molecule has 1 unspecified atom stereocenters. The quantitative estimate of drug-likeness (QED) is 0.746. The Morgan fingerprint density at radius 2 is 2.00 bits per heavy atom. The van der Waals surface area contributed by atoms with Crippen molar-refractivity contribution in [1.29, 1.82) is 0 Å². The van der Waals surface area contributed by atoms with Gasteiger partial charge in [-0.3, -0.25) is 4.79 Å². The number of ether oxygens (including phenoxy) is 1. The lowest BCUT2D eigenvalue weighted by atomic mass is 10.1. The number of rotatable bonds is 7. The Hall–Kier alpha value is -2.14. The SMILES string of the molecule is C/C=C/CC(NC(=O)[C@H](OC)c1ccccc1)C(=O)O. The minimum absolute atomic E-state index is 0.239. The number of carbonyl (C=O) groups is 2. The van der Waals surface area contributed by atoms with Crippen molar-refractivity contribution in [1.82, 2.24) is 5.32 Å². The molecule has 0 aliphatic heterocycles. The first-order valence-corrected chi connectivity index (χ1v) is 6.32. The van der Waals surface area contributed by atoms with Crippen molar-refractivity contribution in [2.45, 2.75) is 25.5 Å². The molecule has 1 amide bonds. The van der Waals surface area contributed by atoms with Crippen LogP contribution in [0.2, 0.25) is 0 Å². The van der Waals surface area contributed by atoms with Gasteiger partial charge in [-0.25, -0.2) is 4.79 Å². The van der Waals surface area contributed by atoms with Gasteiger partial charge in [0.1, 0.15) is 6.04 Å². The van der Waals surface area contributed by atoms with Gasteiger partial charge >= 0.3 is 5.97 Å². The number of methoxy groups -OCH3 is 1.